The fourth-order valence-electron chi connectivity index (χ4n) is 8.07. The van der Waals surface area contributed by atoms with Gasteiger partial charge in [-0.2, -0.15) is 10.5 Å². The Kier molecular flexibility index (Phi) is 6.88. The highest BCUT2D eigenvalue weighted by atomic mass is 15.2. The van der Waals surface area contributed by atoms with Crippen molar-refractivity contribution in [1.82, 2.24) is 4.57 Å². The largest absolute Gasteiger partial charge is 0.310 e. The number of fused-ring (bicyclic) bond motifs is 5. The molecule has 7 aromatic carbocycles. The molecular formula is C47H32N4. The van der Waals surface area contributed by atoms with Gasteiger partial charge >= 0.3 is 0 Å². The molecule has 1 aromatic heterocycles. The molecule has 0 atom stereocenters. The summed E-state index contributed by atoms with van der Waals surface area (Å²) in [4.78, 5) is 2.40. The minimum Gasteiger partial charge on any atom is -0.310 e. The van der Waals surface area contributed by atoms with E-state index in [-0.39, 0.29) is 5.41 Å². The molecular weight excluding hydrogens is 621 g/mol. The number of para-hydroxylation sites is 4. The van der Waals surface area contributed by atoms with E-state index in [2.05, 4.69) is 163 Å². The number of hydrogen-bond acceptors (Lipinski definition) is 3. The first-order valence-electron chi connectivity index (χ1n) is 17.1. The molecule has 0 saturated carbocycles. The SMILES string of the molecule is CC1(C)c2ccccc2N(c2cc(-c3cccc(-c4c(C#N)cccc4C#N)c3)cc(-n3c4ccccc4c4ccccc43)c2)c2ccccc21. The number of benzene rings is 7. The number of nitrogens with zero attached hydrogens (tertiary/aromatic N) is 4. The van der Waals surface area contributed by atoms with Gasteiger partial charge in [0.2, 0.25) is 0 Å². The second kappa shape index (κ2) is 11.6. The molecule has 0 N–H and O–H groups in total. The first-order chi connectivity index (χ1) is 25.0. The molecule has 0 aliphatic carbocycles. The molecule has 1 aliphatic rings. The van der Waals surface area contributed by atoms with Gasteiger partial charge in [-0.1, -0.05) is 111 Å². The summed E-state index contributed by atoms with van der Waals surface area (Å²) in [6.45, 7) is 4.62. The highest BCUT2D eigenvalue weighted by molar-refractivity contribution is 6.09. The highest BCUT2D eigenvalue weighted by Crippen LogP contribution is 2.52. The summed E-state index contributed by atoms with van der Waals surface area (Å²) in [5, 5.41) is 22.4. The van der Waals surface area contributed by atoms with E-state index in [1.807, 2.05) is 12.1 Å². The summed E-state index contributed by atoms with van der Waals surface area (Å²) >= 11 is 0. The van der Waals surface area contributed by atoms with E-state index in [1.165, 1.54) is 21.9 Å². The number of hydrogen-bond donors (Lipinski definition) is 0. The van der Waals surface area contributed by atoms with Crippen LogP contribution in [-0.2, 0) is 5.41 Å². The van der Waals surface area contributed by atoms with Crippen molar-refractivity contribution in [2.45, 2.75) is 19.3 Å². The second-order valence-electron chi connectivity index (χ2n) is 13.6. The molecule has 2 heterocycles. The Morgan fingerprint density at radius 3 is 1.59 bits per heavy atom. The molecule has 0 fully saturated rings. The third-order valence-electron chi connectivity index (χ3n) is 10.4. The van der Waals surface area contributed by atoms with Crippen LogP contribution in [0.4, 0.5) is 17.1 Å². The highest BCUT2D eigenvalue weighted by Gasteiger charge is 2.36. The van der Waals surface area contributed by atoms with Gasteiger partial charge in [-0.3, -0.25) is 0 Å². The smallest absolute Gasteiger partial charge is 0.0998 e. The molecule has 240 valence electrons. The van der Waals surface area contributed by atoms with Crippen molar-refractivity contribution in [2.24, 2.45) is 0 Å². The summed E-state index contributed by atoms with van der Waals surface area (Å²) in [6, 6.07) is 59.6. The molecule has 8 aromatic rings. The van der Waals surface area contributed by atoms with E-state index < -0.39 is 0 Å². The van der Waals surface area contributed by atoms with Crippen LogP contribution in [0.25, 0.3) is 49.7 Å². The fraction of sp³-hybridized carbons (Fsp3) is 0.0638. The van der Waals surface area contributed by atoms with Crippen molar-refractivity contribution >= 4 is 38.9 Å². The molecule has 0 saturated heterocycles. The van der Waals surface area contributed by atoms with E-state index in [1.54, 1.807) is 18.2 Å². The number of anilines is 3. The lowest BCUT2D eigenvalue weighted by Gasteiger charge is -2.42. The first kappa shape index (κ1) is 30.2. The summed E-state index contributed by atoms with van der Waals surface area (Å²) in [5.41, 5.74) is 13.5. The van der Waals surface area contributed by atoms with Gasteiger partial charge in [0, 0.05) is 33.1 Å². The van der Waals surface area contributed by atoms with Crippen molar-refractivity contribution in [3.8, 4) is 40.1 Å². The molecule has 4 heteroatoms. The predicted octanol–water partition coefficient (Wildman–Crippen LogP) is 12.0. The first-order valence-corrected chi connectivity index (χ1v) is 17.1. The van der Waals surface area contributed by atoms with Gasteiger partial charge in [0.25, 0.3) is 0 Å². The van der Waals surface area contributed by atoms with E-state index in [4.69, 9.17) is 0 Å². The van der Waals surface area contributed by atoms with Gasteiger partial charge in [-0.25, -0.2) is 0 Å². The quantitative estimate of drug-likeness (QED) is 0.190. The molecule has 0 bridgehead atoms. The Bertz CT molecular complexity index is 2630. The maximum atomic E-state index is 10.0. The topological polar surface area (TPSA) is 55.8 Å². The second-order valence-corrected chi connectivity index (χ2v) is 13.6. The minimum atomic E-state index is -0.183. The molecule has 0 spiro atoms. The zero-order valence-corrected chi connectivity index (χ0v) is 28.3. The molecule has 0 unspecified atom stereocenters. The van der Waals surface area contributed by atoms with Gasteiger partial charge in [0.15, 0.2) is 0 Å². The van der Waals surface area contributed by atoms with E-state index >= 15 is 0 Å². The Morgan fingerprint density at radius 2 is 0.980 bits per heavy atom. The molecule has 4 nitrogen and oxygen atoms in total. The van der Waals surface area contributed by atoms with Crippen LogP contribution in [0.1, 0.15) is 36.1 Å². The standard InChI is InChI=1S/C47H32N4/c1-47(2)40-19-5-9-23-44(40)51(45-24-10-6-20-41(45)47)37-27-35(31-13-11-14-32(25-31)46-33(29-48)15-12-16-34(46)30-49)26-36(28-37)50-42-21-7-3-17-38(42)39-18-4-8-22-43(39)50/h3-28H,1-2H3. The lowest BCUT2D eigenvalue weighted by atomic mass is 9.73. The number of nitriles is 2. The molecule has 1 aliphatic heterocycles. The Hall–Kier alpha value is -6.88. The molecule has 0 amide bonds. The Balaban J connectivity index is 1.35. The van der Waals surface area contributed by atoms with Gasteiger partial charge in [-0.05, 0) is 88.5 Å². The zero-order valence-electron chi connectivity index (χ0n) is 28.3. The van der Waals surface area contributed by atoms with Crippen molar-refractivity contribution < 1.29 is 0 Å². The third kappa shape index (κ3) is 4.66. The number of rotatable bonds is 4. The lowest BCUT2D eigenvalue weighted by molar-refractivity contribution is 0.632. The predicted molar refractivity (Wildman–Crippen MR) is 208 cm³/mol. The zero-order chi connectivity index (χ0) is 34.7. The Labute approximate surface area is 297 Å². The van der Waals surface area contributed by atoms with Crippen molar-refractivity contribution in [2.75, 3.05) is 4.90 Å². The van der Waals surface area contributed by atoms with Crippen molar-refractivity contribution in [3.05, 3.63) is 180 Å². The summed E-state index contributed by atoms with van der Waals surface area (Å²) < 4.78 is 2.37. The van der Waals surface area contributed by atoms with Crippen LogP contribution in [0.15, 0.2) is 158 Å². The maximum absolute atomic E-state index is 10.0. The van der Waals surface area contributed by atoms with Crippen LogP contribution >= 0.6 is 0 Å². The molecule has 51 heavy (non-hydrogen) atoms. The monoisotopic (exact) mass is 652 g/mol. The van der Waals surface area contributed by atoms with E-state index in [0.29, 0.717) is 16.7 Å². The lowest BCUT2D eigenvalue weighted by Crippen LogP contribution is -2.30. The normalized spacial score (nSPS) is 13.0. The van der Waals surface area contributed by atoms with Gasteiger partial charge in [0.05, 0.1) is 45.7 Å². The van der Waals surface area contributed by atoms with Gasteiger partial charge < -0.3 is 9.47 Å². The molecule has 0 radical (unpaired) electrons. The summed E-state index contributed by atoms with van der Waals surface area (Å²) in [6.07, 6.45) is 0. The van der Waals surface area contributed by atoms with Gasteiger partial charge in [-0.15, -0.1) is 0 Å². The van der Waals surface area contributed by atoms with Crippen LogP contribution in [0.3, 0.4) is 0 Å². The third-order valence-corrected chi connectivity index (χ3v) is 10.4. The summed E-state index contributed by atoms with van der Waals surface area (Å²) in [5.74, 6) is 0. The van der Waals surface area contributed by atoms with Crippen LogP contribution in [0.2, 0.25) is 0 Å². The van der Waals surface area contributed by atoms with E-state index in [0.717, 1.165) is 50.5 Å². The molecule has 9 rings (SSSR count). The van der Waals surface area contributed by atoms with Crippen LogP contribution in [0, 0.1) is 22.7 Å². The number of aromatic nitrogens is 1. The van der Waals surface area contributed by atoms with Crippen molar-refractivity contribution in [1.29, 1.82) is 10.5 Å². The summed E-state index contributed by atoms with van der Waals surface area (Å²) in [7, 11) is 0. The average Bonchev–Trinajstić information content (AvgIpc) is 3.52. The van der Waals surface area contributed by atoms with Crippen LogP contribution in [0.5, 0.6) is 0 Å². The Morgan fingerprint density at radius 1 is 0.471 bits per heavy atom. The van der Waals surface area contributed by atoms with Gasteiger partial charge in [0.1, 0.15) is 0 Å². The van der Waals surface area contributed by atoms with Crippen LogP contribution < -0.4 is 4.90 Å². The average molecular weight is 653 g/mol. The van der Waals surface area contributed by atoms with Crippen molar-refractivity contribution in [3.63, 3.8) is 0 Å². The fourth-order valence-corrected chi connectivity index (χ4v) is 8.07. The van der Waals surface area contributed by atoms with Crippen LogP contribution in [-0.4, -0.2) is 4.57 Å². The van der Waals surface area contributed by atoms with E-state index in [9.17, 15) is 10.5 Å². The minimum absolute atomic E-state index is 0.183. The maximum Gasteiger partial charge on any atom is 0.0998 e.